The first kappa shape index (κ1) is 20.6. The van der Waals surface area contributed by atoms with Gasteiger partial charge < -0.3 is 4.98 Å². The summed E-state index contributed by atoms with van der Waals surface area (Å²) in [4.78, 5) is 22.2. The zero-order valence-electron chi connectivity index (χ0n) is 17.4. The Morgan fingerprint density at radius 3 is 2.83 bits per heavy atom. The van der Waals surface area contributed by atoms with Crippen molar-refractivity contribution in [2.75, 3.05) is 0 Å². The quantitative estimate of drug-likeness (QED) is 0.331. The van der Waals surface area contributed by atoms with Gasteiger partial charge in [0.15, 0.2) is 11.0 Å². The molecular formula is C22H23N5OS2. The van der Waals surface area contributed by atoms with Crippen molar-refractivity contribution in [2.45, 2.75) is 44.6 Å². The molecule has 1 unspecified atom stereocenters. The van der Waals surface area contributed by atoms with E-state index in [0.717, 1.165) is 31.8 Å². The first-order valence-corrected chi connectivity index (χ1v) is 11.4. The lowest BCUT2D eigenvalue weighted by molar-refractivity contribution is 0.727. The fourth-order valence-electron chi connectivity index (χ4n) is 3.35. The van der Waals surface area contributed by atoms with Crippen LogP contribution in [0, 0.1) is 20.8 Å². The third-order valence-electron chi connectivity index (χ3n) is 5.03. The molecule has 0 amide bonds. The van der Waals surface area contributed by atoms with Crippen LogP contribution >= 0.6 is 23.1 Å². The molecule has 0 aliphatic heterocycles. The summed E-state index contributed by atoms with van der Waals surface area (Å²) in [6, 6.07) is 8.20. The predicted octanol–water partition coefficient (Wildman–Crippen LogP) is 5.21. The van der Waals surface area contributed by atoms with Crippen LogP contribution in [0.25, 0.3) is 21.6 Å². The number of aromatic amines is 1. The number of thiophene rings is 1. The summed E-state index contributed by atoms with van der Waals surface area (Å²) in [5.74, 6) is 1.44. The highest BCUT2D eigenvalue weighted by atomic mass is 32.2. The van der Waals surface area contributed by atoms with Crippen LogP contribution in [0.5, 0.6) is 0 Å². The van der Waals surface area contributed by atoms with Gasteiger partial charge in [0.25, 0.3) is 5.56 Å². The van der Waals surface area contributed by atoms with Crippen molar-refractivity contribution in [1.82, 2.24) is 24.7 Å². The maximum atomic E-state index is 12.6. The van der Waals surface area contributed by atoms with Crippen LogP contribution in [0.15, 0.2) is 46.9 Å². The SMILES string of the molecule is C=CCn1c(SC(C)c2nc3sc(C)c(C)c3c(=O)[nH]2)nnc1-c1cccc(C)c1. The molecule has 0 aliphatic rings. The topological polar surface area (TPSA) is 76.5 Å². The van der Waals surface area contributed by atoms with Crippen LogP contribution < -0.4 is 5.56 Å². The third-order valence-corrected chi connectivity index (χ3v) is 7.22. The molecule has 0 saturated carbocycles. The number of hydrogen-bond acceptors (Lipinski definition) is 6. The number of thioether (sulfide) groups is 1. The number of benzene rings is 1. The lowest BCUT2D eigenvalue weighted by atomic mass is 10.1. The number of fused-ring (bicyclic) bond motifs is 1. The monoisotopic (exact) mass is 437 g/mol. The average molecular weight is 438 g/mol. The Hall–Kier alpha value is -2.71. The maximum absolute atomic E-state index is 12.6. The third kappa shape index (κ3) is 3.73. The minimum atomic E-state index is -0.0945. The van der Waals surface area contributed by atoms with Crippen molar-refractivity contribution in [2.24, 2.45) is 0 Å². The molecule has 1 atom stereocenters. The smallest absolute Gasteiger partial charge is 0.259 e. The highest BCUT2D eigenvalue weighted by Crippen LogP contribution is 2.35. The number of H-pyrrole nitrogens is 1. The van der Waals surface area contributed by atoms with Crippen molar-refractivity contribution in [1.29, 1.82) is 0 Å². The number of hydrogen-bond donors (Lipinski definition) is 1. The molecule has 0 radical (unpaired) electrons. The number of rotatable bonds is 6. The van der Waals surface area contributed by atoms with E-state index in [9.17, 15) is 4.79 Å². The molecule has 0 spiro atoms. The highest BCUT2D eigenvalue weighted by molar-refractivity contribution is 7.99. The number of aromatic nitrogens is 5. The fourth-order valence-corrected chi connectivity index (χ4v) is 5.30. The van der Waals surface area contributed by atoms with Crippen LogP contribution in [0.1, 0.15) is 34.0 Å². The molecule has 3 aromatic heterocycles. The molecule has 6 nitrogen and oxygen atoms in total. The summed E-state index contributed by atoms with van der Waals surface area (Å²) in [6.07, 6.45) is 1.83. The van der Waals surface area contributed by atoms with E-state index in [-0.39, 0.29) is 10.8 Å². The predicted molar refractivity (Wildman–Crippen MR) is 124 cm³/mol. The van der Waals surface area contributed by atoms with Gasteiger partial charge in [-0.05, 0) is 39.3 Å². The summed E-state index contributed by atoms with van der Waals surface area (Å²) in [7, 11) is 0. The zero-order chi connectivity index (χ0) is 21.4. The average Bonchev–Trinajstić information content (AvgIpc) is 3.23. The van der Waals surface area contributed by atoms with Gasteiger partial charge in [-0.15, -0.1) is 28.1 Å². The van der Waals surface area contributed by atoms with Crippen LogP contribution in [-0.2, 0) is 6.54 Å². The Labute approximate surface area is 183 Å². The Balaban J connectivity index is 1.70. The summed E-state index contributed by atoms with van der Waals surface area (Å²) in [5.41, 5.74) is 3.10. The molecule has 4 aromatic rings. The first-order valence-electron chi connectivity index (χ1n) is 9.66. The standard InChI is InChI=1S/C22H23N5OS2/c1-6-10-27-19(16-9-7-8-12(2)11-16)25-26-22(27)30-15(5)18-23-20(28)17-13(3)14(4)29-21(17)24-18/h6-9,11,15H,1,10H2,2-5H3,(H,23,24,28). The number of allylic oxidation sites excluding steroid dienone is 1. The minimum Gasteiger partial charge on any atom is -0.309 e. The van der Waals surface area contributed by atoms with E-state index in [1.807, 2.05) is 43.5 Å². The van der Waals surface area contributed by atoms with E-state index in [1.54, 1.807) is 11.3 Å². The van der Waals surface area contributed by atoms with Gasteiger partial charge in [-0.1, -0.05) is 41.6 Å². The van der Waals surface area contributed by atoms with Crippen molar-refractivity contribution in [3.63, 3.8) is 0 Å². The van der Waals surface area contributed by atoms with Gasteiger partial charge in [-0.2, -0.15) is 0 Å². The molecule has 0 aliphatic carbocycles. The number of nitrogens with one attached hydrogen (secondary N) is 1. The molecule has 1 N–H and O–H groups in total. The minimum absolute atomic E-state index is 0.0858. The molecule has 0 saturated heterocycles. The Morgan fingerprint density at radius 1 is 1.30 bits per heavy atom. The molecule has 154 valence electrons. The number of aryl methyl sites for hydroxylation is 3. The number of nitrogens with zero attached hydrogens (tertiary/aromatic N) is 4. The van der Waals surface area contributed by atoms with E-state index in [4.69, 9.17) is 4.98 Å². The fraction of sp³-hybridized carbons (Fsp3) is 0.273. The molecular weight excluding hydrogens is 414 g/mol. The molecule has 4 rings (SSSR count). The molecule has 30 heavy (non-hydrogen) atoms. The molecule has 0 bridgehead atoms. The van der Waals surface area contributed by atoms with E-state index in [2.05, 4.69) is 40.8 Å². The van der Waals surface area contributed by atoms with Gasteiger partial charge in [0.1, 0.15) is 10.7 Å². The summed E-state index contributed by atoms with van der Waals surface area (Å²) in [5, 5.41) is 10.2. The second-order valence-electron chi connectivity index (χ2n) is 7.25. The molecule has 8 heteroatoms. The van der Waals surface area contributed by atoms with Gasteiger partial charge in [-0.3, -0.25) is 9.36 Å². The second kappa shape index (κ2) is 8.20. The largest absolute Gasteiger partial charge is 0.309 e. The highest BCUT2D eigenvalue weighted by Gasteiger charge is 2.20. The Bertz CT molecular complexity index is 1300. The first-order chi connectivity index (χ1) is 14.4. The Morgan fingerprint density at radius 2 is 2.10 bits per heavy atom. The second-order valence-corrected chi connectivity index (χ2v) is 9.76. The van der Waals surface area contributed by atoms with E-state index < -0.39 is 0 Å². The molecule has 3 heterocycles. The summed E-state index contributed by atoms with van der Waals surface area (Å²) >= 11 is 3.08. The van der Waals surface area contributed by atoms with Gasteiger partial charge in [0.2, 0.25) is 0 Å². The van der Waals surface area contributed by atoms with Crippen molar-refractivity contribution in [3.8, 4) is 11.4 Å². The van der Waals surface area contributed by atoms with Gasteiger partial charge in [0.05, 0.1) is 10.6 Å². The van der Waals surface area contributed by atoms with E-state index >= 15 is 0 Å². The van der Waals surface area contributed by atoms with Crippen LogP contribution in [0.4, 0.5) is 0 Å². The molecule has 0 fully saturated rings. The van der Waals surface area contributed by atoms with Crippen molar-refractivity contribution >= 4 is 33.3 Å². The van der Waals surface area contributed by atoms with Crippen molar-refractivity contribution in [3.05, 3.63) is 69.1 Å². The van der Waals surface area contributed by atoms with Gasteiger partial charge >= 0.3 is 0 Å². The van der Waals surface area contributed by atoms with E-state index in [0.29, 0.717) is 17.8 Å². The molecule has 1 aromatic carbocycles. The van der Waals surface area contributed by atoms with Gasteiger partial charge in [-0.25, -0.2) is 4.98 Å². The van der Waals surface area contributed by atoms with Crippen LogP contribution in [0.2, 0.25) is 0 Å². The normalized spacial score (nSPS) is 12.4. The van der Waals surface area contributed by atoms with Crippen LogP contribution in [-0.4, -0.2) is 24.7 Å². The van der Waals surface area contributed by atoms with E-state index in [1.165, 1.54) is 17.3 Å². The maximum Gasteiger partial charge on any atom is 0.259 e. The lowest BCUT2D eigenvalue weighted by Gasteiger charge is -2.12. The zero-order valence-corrected chi connectivity index (χ0v) is 19.0. The van der Waals surface area contributed by atoms with Gasteiger partial charge in [0, 0.05) is 17.0 Å². The Kier molecular flexibility index (Phi) is 5.62. The lowest BCUT2D eigenvalue weighted by Crippen LogP contribution is -2.13. The van der Waals surface area contributed by atoms with Crippen molar-refractivity contribution < 1.29 is 0 Å². The van der Waals surface area contributed by atoms with Crippen LogP contribution in [0.3, 0.4) is 0 Å². The summed E-state index contributed by atoms with van der Waals surface area (Å²) < 4.78 is 2.04. The summed E-state index contributed by atoms with van der Waals surface area (Å²) in [6.45, 7) is 12.5.